The van der Waals surface area contributed by atoms with E-state index < -0.39 is 10.5 Å². The summed E-state index contributed by atoms with van der Waals surface area (Å²) in [5, 5.41) is 0. The zero-order valence-corrected chi connectivity index (χ0v) is 12.4. The van der Waals surface area contributed by atoms with E-state index in [1.807, 2.05) is 20.8 Å². The molecule has 2 fully saturated rings. The maximum Gasteiger partial charge on any atom is 0.258 e. The van der Waals surface area contributed by atoms with Crippen LogP contribution in [0.2, 0.25) is 0 Å². The standard InChI is InChI=1S/C12H18Cl2N2O2/c1-11(2)6-7-15-8(17)4-5-12(15,3)16(11)10(18)9(13)14/h9H,4-7H2,1-3H3. The van der Waals surface area contributed by atoms with Gasteiger partial charge in [0.15, 0.2) is 4.84 Å². The number of amides is 2. The number of carbonyl (C=O) groups is 2. The number of alkyl halides is 2. The molecular weight excluding hydrogens is 275 g/mol. The van der Waals surface area contributed by atoms with Crippen LogP contribution in [0.25, 0.3) is 0 Å². The van der Waals surface area contributed by atoms with Gasteiger partial charge in [-0.15, -0.1) is 0 Å². The summed E-state index contributed by atoms with van der Waals surface area (Å²) in [5.41, 5.74) is -0.924. The first-order valence-corrected chi connectivity index (χ1v) is 7.00. The van der Waals surface area contributed by atoms with Crippen LogP contribution in [-0.4, -0.2) is 44.2 Å². The average molecular weight is 293 g/mol. The highest BCUT2D eigenvalue weighted by Crippen LogP contribution is 2.43. The molecule has 2 aliphatic heterocycles. The summed E-state index contributed by atoms with van der Waals surface area (Å²) >= 11 is 11.5. The molecule has 1 atom stereocenters. The third kappa shape index (κ3) is 1.90. The maximum absolute atomic E-state index is 12.3. The quantitative estimate of drug-likeness (QED) is 0.695. The van der Waals surface area contributed by atoms with Gasteiger partial charge in [0.1, 0.15) is 5.66 Å². The lowest BCUT2D eigenvalue weighted by molar-refractivity contribution is -0.169. The van der Waals surface area contributed by atoms with Crippen LogP contribution in [0.5, 0.6) is 0 Å². The van der Waals surface area contributed by atoms with Gasteiger partial charge in [-0.2, -0.15) is 0 Å². The fourth-order valence-corrected chi connectivity index (χ4v) is 3.46. The molecule has 102 valence electrons. The topological polar surface area (TPSA) is 40.6 Å². The molecule has 18 heavy (non-hydrogen) atoms. The van der Waals surface area contributed by atoms with Crippen molar-refractivity contribution in [1.82, 2.24) is 9.80 Å². The Balaban J connectivity index is 2.43. The predicted octanol–water partition coefficient (Wildman–Crippen LogP) is 2.14. The fraction of sp³-hybridized carbons (Fsp3) is 0.833. The van der Waals surface area contributed by atoms with E-state index in [-0.39, 0.29) is 17.4 Å². The van der Waals surface area contributed by atoms with Gasteiger partial charge >= 0.3 is 0 Å². The minimum absolute atomic E-state index is 0.103. The molecule has 2 rings (SSSR count). The van der Waals surface area contributed by atoms with Crippen LogP contribution in [-0.2, 0) is 9.59 Å². The van der Waals surface area contributed by atoms with Crippen molar-refractivity contribution in [3.8, 4) is 0 Å². The van der Waals surface area contributed by atoms with Gasteiger partial charge in [-0.25, -0.2) is 0 Å². The zero-order chi connectivity index (χ0) is 13.7. The Hall–Kier alpha value is -0.480. The maximum atomic E-state index is 12.3. The summed E-state index contributed by atoms with van der Waals surface area (Å²) in [5.74, 6) is -0.211. The van der Waals surface area contributed by atoms with Crippen molar-refractivity contribution < 1.29 is 9.59 Å². The van der Waals surface area contributed by atoms with Gasteiger partial charge in [0, 0.05) is 18.5 Å². The lowest BCUT2D eigenvalue weighted by atomic mass is 9.88. The van der Waals surface area contributed by atoms with E-state index in [1.165, 1.54) is 0 Å². The largest absolute Gasteiger partial charge is 0.320 e. The van der Waals surface area contributed by atoms with Gasteiger partial charge in [0.25, 0.3) is 5.91 Å². The first-order valence-electron chi connectivity index (χ1n) is 6.13. The molecule has 6 heteroatoms. The Labute approximate surface area is 117 Å². The summed E-state index contributed by atoms with van der Waals surface area (Å²) in [7, 11) is 0. The van der Waals surface area contributed by atoms with Crippen molar-refractivity contribution in [1.29, 1.82) is 0 Å². The van der Waals surface area contributed by atoms with Crippen LogP contribution < -0.4 is 0 Å². The highest BCUT2D eigenvalue weighted by Gasteiger charge is 2.56. The van der Waals surface area contributed by atoms with E-state index in [1.54, 1.807) is 9.80 Å². The number of rotatable bonds is 1. The molecule has 2 aliphatic rings. The summed E-state index contributed by atoms with van der Waals surface area (Å²) in [6.07, 6.45) is 1.85. The second-order valence-electron chi connectivity index (χ2n) is 5.80. The van der Waals surface area contributed by atoms with Crippen molar-refractivity contribution >= 4 is 35.0 Å². The number of halogens is 2. The van der Waals surface area contributed by atoms with Crippen molar-refractivity contribution in [2.75, 3.05) is 6.54 Å². The molecule has 0 aromatic carbocycles. The van der Waals surface area contributed by atoms with Gasteiger partial charge in [-0.05, 0) is 33.6 Å². The zero-order valence-electron chi connectivity index (χ0n) is 10.9. The Morgan fingerprint density at radius 3 is 2.44 bits per heavy atom. The Morgan fingerprint density at radius 2 is 1.89 bits per heavy atom. The van der Waals surface area contributed by atoms with Crippen molar-refractivity contribution in [3.63, 3.8) is 0 Å². The van der Waals surface area contributed by atoms with Crippen LogP contribution in [0.15, 0.2) is 0 Å². The molecule has 0 aliphatic carbocycles. The summed E-state index contributed by atoms with van der Waals surface area (Å²) in [4.78, 5) is 26.6. The minimum Gasteiger partial charge on any atom is -0.320 e. The monoisotopic (exact) mass is 292 g/mol. The van der Waals surface area contributed by atoms with Crippen molar-refractivity contribution in [3.05, 3.63) is 0 Å². The van der Waals surface area contributed by atoms with E-state index in [4.69, 9.17) is 23.2 Å². The van der Waals surface area contributed by atoms with Gasteiger partial charge in [-0.1, -0.05) is 23.2 Å². The Morgan fingerprint density at radius 1 is 1.28 bits per heavy atom. The number of hydrogen-bond acceptors (Lipinski definition) is 2. The molecule has 0 aromatic rings. The molecule has 1 unspecified atom stereocenters. The molecule has 2 saturated heterocycles. The smallest absolute Gasteiger partial charge is 0.258 e. The van der Waals surface area contributed by atoms with Crippen LogP contribution in [0.1, 0.15) is 40.0 Å². The molecule has 0 spiro atoms. The minimum atomic E-state index is -1.09. The lowest BCUT2D eigenvalue weighted by Crippen LogP contribution is -2.70. The predicted molar refractivity (Wildman–Crippen MR) is 70.4 cm³/mol. The molecule has 0 bridgehead atoms. The van der Waals surface area contributed by atoms with E-state index in [9.17, 15) is 9.59 Å². The van der Waals surface area contributed by atoms with E-state index >= 15 is 0 Å². The number of hydrogen-bond donors (Lipinski definition) is 0. The molecule has 0 N–H and O–H groups in total. The summed E-state index contributed by atoms with van der Waals surface area (Å²) < 4.78 is 0. The lowest BCUT2D eigenvalue weighted by Gasteiger charge is -2.56. The highest BCUT2D eigenvalue weighted by atomic mass is 35.5. The van der Waals surface area contributed by atoms with E-state index in [0.717, 1.165) is 6.42 Å². The third-order valence-electron chi connectivity index (χ3n) is 4.14. The molecule has 2 amide bonds. The van der Waals surface area contributed by atoms with Gasteiger partial charge < -0.3 is 9.80 Å². The van der Waals surface area contributed by atoms with Crippen molar-refractivity contribution in [2.24, 2.45) is 0 Å². The Kier molecular flexibility index (Phi) is 3.31. The van der Waals surface area contributed by atoms with Gasteiger partial charge in [-0.3, -0.25) is 9.59 Å². The first kappa shape index (κ1) is 13.9. The second-order valence-corrected chi connectivity index (χ2v) is 6.90. The molecule has 2 heterocycles. The van der Waals surface area contributed by atoms with Crippen LogP contribution >= 0.6 is 23.2 Å². The average Bonchev–Trinajstić information content (AvgIpc) is 2.52. The van der Waals surface area contributed by atoms with Crippen LogP contribution in [0.4, 0.5) is 0 Å². The fourth-order valence-electron chi connectivity index (χ4n) is 3.26. The second kappa shape index (κ2) is 4.27. The highest BCUT2D eigenvalue weighted by molar-refractivity contribution is 6.53. The normalized spacial score (nSPS) is 30.9. The number of fused-ring (bicyclic) bond motifs is 1. The van der Waals surface area contributed by atoms with Crippen molar-refractivity contribution in [2.45, 2.75) is 56.1 Å². The summed E-state index contributed by atoms with van der Waals surface area (Å²) in [6.45, 7) is 6.59. The third-order valence-corrected chi connectivity index (χ3v) is 4.51. The molecule has 0 saturated carbocycles. The molecular formula is C12H18Cl2N2O2. The number of carbonyl (C=O) groups excluding carboxylic acids is 2. The first-order chi connectivity index (χ1) is 8.20. The number of nitrogens with zero attached hydrogens (tertiary/aromatic N) is 2. The summed E-state index contributed by atoms with van der Waals surface area (Å²) in [6, 6.07) is 0. The van der Waals surface area contributed by atoms with E-state index in [2.05, 4.69) is 0 Å². The van der Waals surface area contributed by atoms with Gasteiger partial charge in [0.2, 0.25) is 5.91 Å². The van der Waals surface area contributed by atoms with Crippen LogP contribution in [0.3, 0.4) is 0 Å². The molecule has 0 radical (unpaired) electrons. The SMILES string of the molecule is CC1(C)CCN2C(=O)CCC2(C)N1C(=O)C(Cl)Cl. The van der Waals surface area contributed by atoms with Crippen LogP contribution in [0, 0.1) is 0 Å². The van der Waals surface area contributed by atoms with Gasteiger partial charge in [0.05, 0.1) is 0 Å². The Bertz CT molecular complexity index is 398. The molecule has 0 aromatic heterocycles. The van der Waals surface area contributed by atoms with E-state index in [0.29, 0.717) is 19.4 Å². The molecule has 4 nitrogen and oxygen atoms in total.